The Labute approximate surface area is 79.3 Å². The van der Waals surface area contributed by atoms with E-state index in [0.717, 1.165) is 13.0 Å². The monoisotopic (exact) mass is 173 g/mol. The molecule has 0 amide bonds. The number of rotatable bonds is 2. The predicted octanol–water partition coefficient (Wildman–Crippen LogP) is 2.45. The first-order chi connectivity index (χ1) is 6.31. The number of fused-ring (bicyclic) bond motifs is 1. The van der Waals surface area contributed by atoms with Gasteiger partial charge < -0.3 is 5.73 Å². The fourth-order valence-electron chi connectivity index (χ4n) is 1.93. The summed E-state index contributed by atoms with van der Waals surface area (Å²) in [6, 6.07) is 6.64. The fraction of sp³-hybridized carbons (Fsp3) is 0.333. The van der Waals surface area contributed by atoms with Gasteiger partial charge >= 0.3 is 0 Å². The number of nitrogens with two attached hydrogens (primary N) is 1. The summed E-state index contributed by atoms with van der Waals surface area (Å²) in [6.45, 7) is 2.90. The van der Waals surface area contributed by atoms with E-state index < -0.39 is 0 Å². The zero-order valence-electron chi connectivity index (χ0n) is 7.96. The minimum absolute atomic E-state index is 0.556. The SMILES string of the molecule is Cc1ccc2c(c1)C=CC2CCN. The third kappa shape index (κ3) is 1.52. The molecule has 68 valence electrons. The van der Waals surface area contributed by atoms with Crippen molar-refractivity contribution in [1.29, 1.82) is 0 Å². The van der Waals surface area contributed by atoms with Crippen molar-refractivity contribution in [1.82, 2.24) is 0 Å². The van der Waals surface area contributed by atoms with Crippen molar-refractivity contribution in [2.45, 2.75) is 19.3 Å². The van der Waals surface area contributed by atoms with Crippen molar-refractivity contribution in [2.75, 3.05) is 6.54 Å². The number of hydrogen-bond donors (Lipinski definition) is 1. The molecule has 1 nitrogen and oxygen atoms in total. The third-order valence-electron chi connectivity index (χ3n) is 2.63. The van der Waals surface area contributed by atoms with Gasteiger partial charge in [-0.2, -0.15) is 0 Å². The summed E-state index contributed by atoms with van der Waals surface area (Å²) in [5, 5.41) is 0. The lowest BCUT2D eigenvalue weighted by Gasteiger charge is -2.09. The van der Waals surface area contributed by atoms with Crippen LogP contribution < -0.4 is 5.73 Å². The average Bonchev–Trinajstić information content (AvgIpc) is 2.49. The van der Waals surface area contributed by atoms with Crippen LogP contribution in [0.1, 0.15) is 29.0 Å². The second-order valence-electron chi connectivity index (χ2n) is 3.68. The van der Waals surface area contributed by atoms with Crippen molar-refractivity contribution in [3.8, 4) is 0 Å². The molecule has 1 aromatic rings. The summed E-state index contributed by atoms with van der Waals surface area (Å²) >= 11 is 0. The maximum atomic E-state index is 5.56. The molecular formula is C12H15N. The molecule has 0 saturated heterocycles. The second-order valence-corrected chi connectivity index (χ2v) is 3.68. The normalized spacial score (nSPS) is 19.1. The van der Waals surface area contributed by atoms with Crippen LogP contribution in [0.25, 0.3) is 6.08 Å². The highest BCUT2D eigenvalue weighted by Crippen LogP contribution is 2.32. The topological polar surface area (TPSA) is 26.0 Å². The molecule has 1 atom stereocenters. The Morgan fingerprint density at radius 3 is 3.00 bits per heavy atom. The fourth-order valence-corrected chi connectivity index (χ4v) is 1.93. The van der Waals surface area contributed by atoms with E-state index in [1.165, 1.54) is 16.7 Å². The van der Waals surface area contributed by atoms with Gasteiger partial charge in [0.1, 0.15) is 0 Å². The Hall–Kier alpha value is -1.08. The highest BCUT2D eigenvalue weighted by Gasteiger charge is 2.15. The largest absolute Gasteiger partial charge is 0.330 e. The van der Waals surface area contributed by atoms with E-state index in [2.05, 4.69) is 37.3 Å². The highest BCUT2D eigenvalue weighted by atomic mass is 14.5. The average molecular weight is 173 g/mol. The molecule has 1 heteroatoms. The zero-order valence-corrected chi connectivity index (χ0v) is 7.96. The van der Waals surface area contributed by atoms with Crippen LogP contribution in [0.3, 0.4) is 0 Å². The zero-order chi connectivity index (χ0) is 9.26. The lowest BCUT2D eigenvalue weighted by atomic mass is 9.97. The van der Waals surface area contributed by atoms with Gasteiger partial charge in [0, 0.05) is 5.92 Å². The summed E-state index contributed by atoms with van der Waals surface area (Å²) in [5.41, 5.74) is 9.71. The van der Waals surface area contributed by atoms with Crippen molar-refractivity contribution in [3.63, 3.8) is 0 Å². The number of hydrogen-bond acceptors (Lipinski definition) is 1. The molecule has 2 rings (SSSR count). The first-order valence-electron chi connectivity index (χ1n) is 4.80. The molecule has 2 N–H and O–H groups in total. The smallest absolute Gasteiger partial charge is 0.00392 e. The molecule has 0 aromatic heterocycles. The maximum Gasteiger partial charge on any atom is 0.00392 e. The number of benzene rings is 1. The molecule has 1 aromatic carbocycles. The van der Waals surface area contributed by atoms with Gasteiger partial charge in [-0.05, 0) is 31.0 Å². The van der Waals surface area contributed by atoms with Crippen LogP contribution in [-0.2, 0) is 0 Å². The van der Waals surface area contributed by atoms with Crippen LogP contribution in [0, 0.1) is 6.92 Å². The van der Waals surface area contributed by atoms with Gasteiger partial charge in [0.15, 0.2) is 0 Å². The van der Waals surface area contributed by atoms with Crippen LogP contribution in [0.4, 0.5) is 0 Å². The van der Waals surface area contributed by atoms with E-state index in [9.17, 15) is 0 Å². The maximum absolute atomic E-state index is 5.56. The van der Waals surface area contributed by atoms with Crippen LogP contribution in [0.15, 0.2) is 24.3 Å². The first-order valence-corrected chi connectivity index (χ1v) is 4.80. The molecule has 1 aliphatic rings. The Balaban J connectivity index is 2.32. The van der Waals surface area contributed by atoms with Crippen molar-refractivity contribution >= 4 is 6.08 Å². The molecule has 0 heterocycles. The minimum atomic E-state index is 0.556. The van der Waals surface area contributed by atoms with Crippen LogP contribution in [0.5, 0.6) is 0 Å². The van der Waals surface area contributed by atoms with Crippen molar-refractivity contribution in [2.24, 2.45) is 5.73 Å². The lowest BCUT2D eigenvalue weighted by Crippen LogP contribution is -2.04. The van der Waals surface area contributed by atoms with Gasteiger partial charge in [-0.15, -0.1) is 0 Å². The van der Waals surface area contributed by atoms with Gasteiger partial charge in [0.05, 0.1) is 0 Å². The Morgan fingerprint density at radius 1 is 1.38 bits per heavy atom. The number of aryl methyl sites for hydroxylation is 1. The molecule has 0 spiro atoms. The standard InChI is InChI=1S/C12H15N/c1-9-2-5-12-10(6-7-13)3-4-11(12)8-9/h2-5,8,10H,6-7,13H2,1H3. The van der Waals surface area contributed by atoms with E-state index in [0.29, 0.717) is 5.92 Å². The summed E-state index contributed by atoms with van der Waals surface area (Å²) in [6.07, 6.45) is 5.53. The van der Waals surface area contributed by atoms with E-state index in [-0.39, 0.29) is 0 Å². The van der Waals surface area contributed by atoms with Crippen LogP contribution in [0.2, 0.25) is 0 Å². The van der Waals surface area contributed by atoms with E-state index in [1.54, 1.807) is 0 Å². The quantitative estimate of drug-likeness (QED) is 0.730. The van der Waals surface area contributed by atoms with Crippen molar-refractivity contribution in [3.05, 3.63) is 41.0 Å². The van der Waals surface area contributed by atoms with Crippen molar-refractivity contribution < 1.29 is 0 Å². The Kier molecular flexibility index (Phi) is 2.19. The van der Waals surface area contributed by atoms with Crippen LogP contribution >= 0.6 is 0 Å². The first kappa shape index (κ1) is 8.52. The molecule has 1 aliphatic carbocycles. The van der Waals surface area contributed by atoms with Gasteiger partial charge in [0.25, 0.3) is 0 Å². The summed E-state index contributed by atoms with van der Waals surface area (Å²) in [7, 11) is 0. The second kappa shape index (κ2) is 3.35. The molecule has 0 fully saturated rings. The van der Waals surface area contributed by atoms with E-state index in [1.807, 2.05) is 0 Å². The van der Waals surface area contributed by atoms with E-state index in [4.69, 9.17) is 5.73 Å². The van der Waals surface area contributed by atoms with Crippen LogP contribution in [-0.4, -0.2) is 6.54 Å². The number of allylic oxidation sites excluding steroid dienone is 1. The molecule has 0 bridgehead atoms. The molecule has 0 radical (unpaired) electrons. The molecule has 0 saturated carbocycles. The van der Waals surface area contributed by atoms with Gasteiger partial charge in [0.2, 0.25) is 0 Å². The summed E-state index contributed by atoms with van der Waals surface area (Å²) in [4.78, 5) is 0. The van der Waals surface area contributed by atoms with Gasteiger partial charge in [-0.3, -0.25) is 0 Å². The Bertz CT molecular complexity index is 339. The van der Waals surface area contributed by atoms with Gasteiger partial charge in [-0.1, -0.05) is 35.9 Å². The summed E-state index contributed by atoms with van der Waals surface area (Å²) in [5.74, 6) is 0.556. The highest BCUT2D eigenvalue weighted by molar-refractivity contribution is 5.63. The molecular weight excluding hydrogens is 158 g/mol. The summed E-state index contributed by atoms with van der Waals surface area (Å²) < 4.78 is 0. The van der Waals surface area contributed by atoms with E-state index >= 15 is 0 Å². The predicted molar refractivity (Wildman–Crippen MR) is 56.6 cm³/mol. The molecule has 13 heavy (non-hydrogen) atoms. The Morgan fingerprint density at radius 2 is 2.23 bits per heavy atom. The molecule has 0 aliphatic heterocycles. The third-order valence-corrected chi connectivity index (χ3v) is 2.63. The van der Waals surface area contributed by atoms with Gasteiger partial charge in [-0.25, -0.2) is 0 Å². The molecule has 1 unspecified atom stereocenters. The lowest BCUT2D eigenvalue weighted by molar-refractivity contribution is 0.756. The minimum Gasteiger partial charge on any atom is -0.330 e.